The molecule has 7 nitrogen and oxygen atoms in total. The molecule has 1 atom stereocenters. The van der Waals surface area contributed by atoms with Crippen LogP contribution in [0.5, 0.6) is 0 Å². The number of carbonyl (C=O) groups excluding carboxylic acids is 5. The molecule has 4 rings (SSSR count). The van der Waals surface area contributed by atoms with E-state index in [0.717, 1.165) is 11.2 Å². The molecule has 2 aromatic rings. The Hall–Kier alpha value is -3.61. The molecular weight excluding hydrogens is 348 g/mol. The number of aldehydes is 1. The highest BCUT2D eigenvalue weighted by atomic mass is 16.2. The number of nitrogens with one attached hydrogen (secondary N) is 1. The molecule has 0 bridgehead atoms. The number of fused-ring (bicyclic) bond motifs is 1. The molecule has 0 aromatic heterocycles. The number of rotatable bonds is 3. The quantitative estimate of drug-likeness (QED) is 0.660. The molecule has 2 aliphatic rings. The number of hydrogen-bond acceptors (Lipinski definition) is 5. The predicted octanol–water partition coefficient (Wildman–Crippen LogP) is 1.57. The van der Waals surface area contributed by atoms with Gasteiger partial charge in [0.25, 0.3) is 11.8 Å². The third-order valence-electron chi connectivity index (χ3n) is 4.83. The Labute approximate surface area is 154 Å². The first-order chi connectivity index (χ1) is 13.0. The SMILES string of the molecule is O=Cc1ccc(-c2cccc3c2C(=O)N(C2CCC(=O)NC2=O)C3=O)cc1. The molecule has 2 heterocycles. The molecule has 0 radical (unpaired) electrons. The first-order valence-corrected chi connectivity index (χ1v) is 8.41. The van der Waals surface area contributed by atoms with Gasteiger partial charge in [0.2, 0.25) is 11.8 Å². The maximum atomic E-state index is 13.0. The molecule has 1 N–H and O–H groups in total. The van der Waals surface area contributed by atoms with Crippen LogP contribution in [0.3, 0.4) is 0 Å². The smallest absolute Gasteiger partial charge is 0.262 e. The average Bonchev–Trinajstić information content (AvgIpc) is 2.93. The third kappa shape index (κ3) is 2.64. The molecule has 0 aliphatic carbocycles. The second-order valence-corrected chi connectivity index (χ2v) is 6.42. The number of carbonyl (C=O) groups is 5. The van der Waals surface area contributed by atoms with Gasteiger partial charge in [-0.05, 0) is 23.6 Å². The fourth-order valence-electron chi connectivity index (χ4n) is 3.50. The Morgan fingerprint density at radius 1 is 0.926 bits per heavy atom. The van der Waals surface area contributed by atoms with Crippen molar-refractivity contribution in [3.05, 3.63) is 59.2 Å². The van der Waals surface area contributed by atoms with E-state index in [1.54, 1.807) is 42.5 Å². The largest absolute Gasteiger partial charge is 0.298 e. The lowest BCUT2D eigenvalue weighted by molar-refractivity contribution is -0.136. The van der Waals surface area contributed by atoms with Crippen molar-refractivity contribution in [2.45, 2.75) is 18.9 Å². The van der Waals surface area contributed by atoms with Crippen LogP contribution in [0.2, 0.25) is 0 Å². The minimum Gasteiger partial charge on any atom is -0.298 e. The summed E-state index contributed by atoms with van der Waals surface area (Å²) in [5, 5.41) is 2.18. The molecule has 1 fully saturated rings. The van der Waals surface area contributed by atoms with E-state index in [-0.39, 0.29) is 24.0 Å². The van der Waals surface area contributed by atoms with Crippen molar-refractivity contribution in [2.75, 3.05) is 0 Å². The lowest BCUT2D eigenvalue weighted by Crippen LogP contribution is -2.54. The fourth-order valence-corrected chi connectivity index (χ4v) is 3.50. The van der Waals surface area contributed by atoms with E-state index in [1.165, 1.54) is 0 Å². The molecular formula is C20H14N2O5. The lowest BCUT2D eigenvalue weighted by atomic mass is 9.96. The van der Waals surface area contributed by atoms with Crippen molar-refractivity contribution in [3.63, 3.8) is 0 Å². The van der Waals surface area contributed by atoms with Gasteiger partial charge in [-0.2, -0.15) is 0 Å². The molecule has 1 unspecified atom stereocenters. The Kier molecular flexibility index (Phi) is 3.92. The third-order valence-corrected chi connectivity index (χ3v) is 4.83. The Morgan fingerprint density at radius 3 is 2.30 bits per heavy atom. The van der Waals surface area contributed by atoms with Gasteiger partial charge in [0.15, 0.2) is 0 Å². The zero-order valence-electron chi connectivity index (χ0n) is 14.1. The molecule has 27 heavy (non-hydrogen) atoms. The van der Waals surface area contributed by atoms with E-state index in [4.69, 9.17) is 0 Å². The zero-order valence-corrected chi connectivity index (χ0v) is 14.1. The van der Waals surface area contributed by atoms with Crippen LogP contribution in [-0.2, 0) is 9.59 Å². The lowest BCUT2D eigenvalue weighted by Gasteiger charge is -2.27. The van der Waals surface area contributed by atoms with E-state index in [1.807, 2.05) is 0 Å². The van der Waals surface area contributed by atoms with Crippen molar-refractivity contribution >= 4 is 29.9 Å². The van der Waals surface area contributed by atoms with Crippen LogP contribution in [0.4, 0.5) is 0 Å². The highest BCUT2D eigenvalue weighted by Gasteiger charge is 2.45. The summed E-state index contributed by atoms with van der Waals surface area (Å²) in [6.07, 6.45) is 0.905. The summed E-state index contributed by atoms with van der Waals surface area (Å²) in [4.78, 5) is 61.1. The summed E-state index contributed by atoms with van der Waals surface area (Å²) >= 11 is 0. The van der Waals surface area contributed by atoms with Gasteiger partial charge in [-0.3, -0.25) is 34.2 Å². The second-order valence-electron chi connectivity index (χ2n) is 6.42. The van der Waals surface area contributed by atoms with Crippen molar-refractivity contribution in [1.29, 1.82) is 0 Å². The van der Waals surface area contributed by atoms with Gasteiger partial charge in [-0.1, -0.05) is 36.4 Å². The van der Waals surface area contributed by atoms with Crippen LogP contribution < -0.4 is 5.32 Å². The van der Waals surface area contributed by atoms with Gasteiger partial charge in [0.1, 0.15) is 12.3 Å². The minimum atomic E-state index is -1.000. The van der Waals surface area contributed by atoms with Crippen LogP contribution in [-0.4, -0.2) is 40.9 Å². The second kappa shape index (κ2) is 6.28. The molecule has 2 aliphatic heterocycles. The monoisotopic (exact) mass is 362 g/mol. The highest BCUT2D eigenvalue weighted by molar-refractivity contribution is 6.25. The van der Waals surface area contributed by atoms with Crippen LogP contribution in [0.25, 0.3) is 11.1 Å². The zero-order chi connectivity index (χ0) is 19.1. The van der Waals surface area contributed by atoms with E-state index in [9.17, 15) is 24.0 Å². The summed E-state index contributed by atoms with van der Waals surface area (Å²) in [5.41, 5.74) is 2.19. The number of nitrogens with zero attached hydrogens (tertiary/aromatic N) is 1. The summed E-state index contributed by atoms with van der Waals surface area (Å²) in [7, 11) is 0. The van der Waals surface area contributed by atoms with Gasteiger partial charge in [0.05, 0.1) is 11.1 Å². The van der Waals surface area contributed by atoms with E-state index in [2.05, 4.69) is 5.32 Å². The molecule has 1 saturated heterocycles. The van der Waals surface area contributed by atoms with Crippen molar-refractivity contribution in [3.8, 4) is 11.1 Å². The minimum absolute atomic E-state index is 0.0732. The topological polar surface area (TPSA) is 101 Å². The fraction of sp³-hybridized carbons (Fsp3) is 0.150. The number of piperidine rings is 1. The summed E-state index contributed by atoms with van der Waals surface area (Å²) in [6.45, 7) is 0. The van der Waals surface area contributed by atoms with Crippen LogP contribution in [0.1, 0.15) is 43.9 Å². The Balaban J connectivity index is 1.76. The van der Waals surface area contributed by atoms with Crippen LogP contribution in [0, 0.1) is 0 Å². The first kappa shape index (κ1) is 16.8. The maximum absolute atomic E-state index is 13.0. The van der Waals surface area contributed by atoms with Crippen LogP contribution in [0.15, 0.2) is 42.5 Å². The number of hydrogen-bond donors (Lipinski definition) is 1. The molecule has 134 valence electrons. The van der Waals surface area contributed by atoms with Gasteiger partial charge >= 0.3 is 0 Å². The van der Waals surface area contributed by atoms with Crippen molar-refractivity contribution < 1.29 is 24.0 Å². The summed E-state index contributed by atoms with van der Waals surface area (Å²) in [6, 6.07) is 10.6. The van der Waals surface area contributed by atoms with Crippen LogP contribution >= 0.6 is 0 Å². The molecule has 2 aromatic carbocycles. The molecule has 7 heteroatoms. The van der Waals surface area contributed by atoms with E-state index in [0.29, 0.717) is 16.7 Å². The maximum Gasteiger partial charge on any atom is 0.262 e. The first-order valence-electron chi connectivity index (χ1n) is 8.41. The van der Waals surface area contributed by atoms with E-state index >= 15 is 0 Å². The summed E-state index contributed by atoms with van der Waals surface area (Å²) in [5.74, 6) is -2.16. The number of imide groups is 2. The van der Waals surface area contributed by atoms with Crippen molar-refractivity contribution in [1.82, 2.24) is 10.2 Å². The molecule has 4 amide bonds. The van der Waals surface area contributed by atoms with Gasteiger partial charge < -0.3 is 0 Å². The summed E-state index contributed by atoms with van der Waals surface area (Å²) < 4.78 is 0. The predicted molar refractivity (Wildman–Crippen MR) is 93.9 cm³/mol. The Morgan fingerprint density at radius 2 is 1.63 bits per heavy atom. The van der Waals surface area contributed by atoms with Gasteiger partial charge in [-0.25, -0.2) is 0 Å². The van der Waals surface area contributed by atoms with Gasteiger partial charge in [0, 0.05) is 12.0 Å². The Bertz CT molecular complexity index is 1010. The normalized spacial score (nSPS) is 19.1. The molecule has 0 spiro atoms. The van der Waals surface area contributed by atoms with E-state index < -0.39 is 29.7 Å². The number of benzene rings is 2. The average molecular weight is 362 g/mol. The van der Waals surface area contributed by atoms with Crippen molar-refractivity contribution in [2.24, 2.45) is 0 Å². The van der Waals surface area contributed by atoms with Gasteiger partial charge in [-0.15, -0.1) is 0 Å². The number of amides is 4. The highest BCUT2D eigenvalue weighted by Crippen LogP contribution is 2.34. The molecule has 0 saturated carbocycles. The standard InChI is InChI=1S/C20H14N2O5/c23-10-11-4-6-12(7-5-11)13-2-1-3-14-17(13)20(27)22(19(14)26)15-8-9-16(24)21-18(15)25/h1-7,10,15H,8-9H2,(H,21,24,25).